The first-order valence-electron chi connectivity index (χ1n) is 6.06. The lowest BCUT2D eigenvalue weighted by atomic mass is 9.83. The normalized spacial score (nSPS) is 25.9. The highest BCUT2D eigenvalue weighted by Gasteiger charge is 2.21. The Morgan fingerprint density at radius 1 is 1.41 bits per heavy atom. The van der Waals surface area contributed by atoms with Crippen LogP contribution in [0.5, 0.6) is 0 Å². The molecule has 6 heteroatoms. The molecule has 1 aliphatic rings. The number of nitrogens with zero attached hydrogens (tertiary/aromatic N) is 1. The Morgan fingerprint density at radius 3 is 2.71 bits per heavy atom. The summed E-state index contributed by atoms with van der Waals surface area (Å²) in [6.07, 6.45) is 7.37. The molecule has 0 atom stereocenters. The van der Waals surface area contributed by atoms with Crippen LogP contribution < -0.4 is 4.72 Å². The summed E-state index contributed by atoms with van der Waals surface area (Å²) in [6.45, 7) is 2.80. The van der Waals surface area contributed by atoms with Crippen LogP contribution >= 0.6 is 0 Å². The molecular formula is C11H19N3O2S. The summed E-state index contributed by atoms with van der Waals surface area (Å²) in [6, 6.07) is 0. The van der Waals surface area contributed by atoms with Gasteiger partial charge in [-0.2, -0.15) is 5.10 Å². The van der Waals surface area contributed by atoms with Crippen molar-refractivity contribution in [3.05, 3.63) is 12.4 Å². The molecule has 1 aliphatic carbocycles. The van der Waals surface area contributed by atoms with Gasteiger partial charge < -0.3 is 0 Å². The van der Waals surface area contributed by atoms with E-state index < -0.39 is 10.0 Å². The van der Waals surface area contributed by atoms with E-state index in [0.29, 0.717) is 12.5 Å². The van der Waals surface area contributed by atoms with Crippen LogP contribution in [-0.4, -0.2) is 25.2 Å². The number of nitrogens with one attached hydrogen (secondary N) is 2. The third kappa shape index (κ3) is 3.29. The molecule has 1 aromatic heterocycles. The molecule has 0 amide bonds. The smallest absolute Gasteiger partial charge is 0.243 e. The average Bonchev–Trinajstić information content (AvgIpc) is 2.82. The number of rotatable bonds is 4. The number of aromatic nitrogens is 2. The zero-order valence-electron chi connectivity index (χ0n) is 10.0. The molecule has 1 aromatic rings. The van der Waals surface area contributed by atoms with E-state index in [1.165, 1.54) is 25.2 Å². The molecule has 17 heavy (non-hydrogen) atoms. The monoisotopic (exact) mass is 257 g/mol. The molecule has 0 radical (unpaired) electrons. The van der Waals surface area contributed by atoms with Crippen molar-refractivity contribution in [1.29, 1.82) is 0 Å². The molecule has 0 saturated heterocycles. The van der Waals surface area contributed by atoms with Gasteiger partial charge >= 0.3 is 0 Å². The number of hydrogen-bond donors (Lipinski definition) is 2. The fraction of sp³-hybridized carbons (Fsp3) is 0.727. The largest absolute Gasteiger partial charge is 0.284 e. The molecule has 0 aliphatic heterocycles. The van der Waals surface area contributed by atoms with E-state index in [0.717, 1.165) is 18.8 Å². The summed E-state index contributed by atoms with van der Waals surface area (Å²) in [5.74, 6) is 1.27. The summed E-state index contributed by atoms with van der Waals surface area (Å²) in [7, 11) is -3.37. The Morgan fingerprint density at radius 2 is 2.12 bits per heavy atom. The maximum absolute atomic E-state index is 11.8. The molecule has 0 bridgehead atoms. The minimum absolute atomic E-state index is 0.210. The third-order valence-corrected chi connectivity index (χ3v) is 4.87. The topological polar surface area (TPSA) is 74.8 Å². The predicted molar refractivity (Wildman–Crippen MR) is 64.9 cm³/mol. The quantitative estimate of drug-likeness (QED) is 0.858. The van der Waals surface area contributed by atoms with Gasteiger partial charge in [0.25, 0.3) is 0 Å². The molecule has 1 heterocycles. The van der Waals surface area contributed by atoms with E-state index in [9.17, 15) is 8.42 Å². The highest BCUT2D eigenvalue weighted by atomic mass is 32.2. The molecule has 96 valence electrons. The lowest BCUT2D eigenvalue weighted by Gasteiger charge is -2.26. The van der Waals surface area contributed by atoms with Gasteiger partial charge in [-0.3, -0.25) is 5.10 Å². The van der Waals surface area contributed by atoms with Crippen LogP contribution in [0.3, 0.4) is 0 Å². The van der Waals surface area contributed by atoms with Crippen LogP contribution in [0.1, 0.15) is 32.6 Å². The Hall–Kier alpha value is -0.880. The number of hydrogen-bond acceptors (Lipinski definition) is 3. The second-order valence-corrected chi connectivity index (χ2v) is 6.68. The minimum Gasteiger partial charge on any atom is -0.284 e. The van der Waals surface area contributed by atoms with Crippen LogP contribution in [0.15, 0.2) is 17.3 Å². The van der Waals surface area contributed by atoms with Crippen molar-refractivity contribution in [3.63, 3.8) is 0 Å². The molecule has 5 nitrogen and oxygen atoms in total. The van der Waals surface area contributed by atoms with Crippen molar-refractivity contribution in [1.82, 2.24) is 14.9 Å². The van der Waals surface area contributed by atoms with Crippen molar-refractivity contribution in [2.75, 3.05) is 6.54 Å². The maximum atomic E-state index is 11.8. The average molecular weight is 257 g/mol. The van der Waals surface area contributed by atoms with Gasteiger partial charge in [-0.1, -0.05) is 19.8 Å². The molecular weight excluding hydrogens is 238 g/mol. The number of sulfonamides is 1. The standard InChI is InChI=1S/C11H19N3O2S/c1-9-2-4-10(5-3-9)6-14-17(15,16)11-7-12-13-8-11/h7-10,14H,2-6H2,1H3,(H,12,13). The van der Waals surface area contributed by atoms with E-state index in [4.69, 9.17) is 0 Å². The van der Waals surface area contributed by atoms with Gasteiger partial charge in [0.15, 0.2) is 0 Å². The van der Waals surface area contributed by atoms with Gasteiger partial charge in [-0.25, -0.2) is 13.1 Å². The van der Waals surface area contributed by atoms with E-state index in [-0.39, 0.29) is 4.90 Å². The van der Waals surface area contributed by atoms with Gasteiger partial charge in [0.1, 0.15) is 4.90 Å². The molecule has 0 spiro atoms. The molecule has 2 rings (SSSR count). The van der Waals surface area contributed by atoms with Gasteiger partial charge in [0, 0.05) is 12.7 Å². The van der Waals surface area contributed by atoms with E-state index >= 15 is 0 Å². The zero-order chi connectivity index (χ0) is 12.3. The van der Waals surface area contributed by atoms with E-state index in [1.807, 2.05) is 0 Å². The Bertz CT molecular complexity index is 433. The second kappa shape index (κ2) is 5.18. The first-order valence-corrected chi connectivity index (χ1v) is 7.54. The van der Waals surface area contributed by atoms with E-state index in [1.54, 1.807) is 0 Å². The van der Waals surface area contributed by atoms with Gasteiger partial charge in [0.05, 0.1) is 6.20 Å². The van der Waals surface area contributed by atoms with Crippen LogP contribution in [0, 0.1) is 11.8 Å². The predicted octanol–water partition coefficient (Wildman–Crippen LogP) is 1.51. The summed E-state index contributed by atoms with van der Waals surface area (Å²) in [4.78, 5) is 0.210. The zero-order valence-corrected chi connectivity index (χ0v) is 10.8. The van der Waals surface area contributed by atoms with Crippen LogP contribution in [0.2, 0.25) is 0 Å². The summed E-state index contributed by atoms with van der Waals surface area (Å²) in [5.41, 5.74) is 0. The van der Waals surface area contributed by atoms with Crippen molar-refractivity contribution in [2.45, 2.75) is 37.5 Å². The maximum Gasteiger partial charge on any atom is 0.243 e. The second-order valence-electron chi connectivity index (χ2n) is 4.91. The van der Waals surface area contributed by atoms with Crippen LogP contribution in [0.25, 0.3) is 0 Å². The molecule has 0 unspecified atom stereocenters. The van der Waals surface area contributed by atoms with Gasteiger partial charge in [-0.15, -0.1) is 0 Å². The van der Waals surface area contributed by atoms with Gasteiger partial charge in [-0.05, 0) is 24.7 Å². The van der Waals surface area contributed by atoms with Crippen molar-refractivity contribution in [2.24, 2.45) is 11.8 Å². The Kier molecular flexibility index (Phi) is 3.83. The third-order valence-electron chi connectivity index (χ3n) is 3.48. The van der Waals surface area contributed by atoms with Crippen molar-refractivity contribution >= 4 is 10.0 Å². The lowest BCUT2D eigenvalue weighted by Crippen LogP contribution is -2.31. The highest BCUT2D eigenvalue weighted by Crippen LogP contribution is 2.27. The minimum atomic E-state index is -3.37. The van der Waals surface area contributed by atoms with E-state index in [2.05, 4.69) is 21.8 Å². The lowest BCUT2D eigenvalue weighted by molar-refractivity contribution is 0.290. The SMILES string of the molecule is CC1CCC(CNS(=O)(=O)c2cn[nH]c2)CC1. The molecule has 1 saturated carbocycles. The Balaban J connectivity index is 1.86. The Labute approximate surface area is 102 Å². The molecule has 1 fully saturated rings. The highest BCUT2D eigenvalue weighted by molar-refractivity contribution is 7.89. The van der Waals surface area contributed by atoms with Crippen molar-refractivity contribution < 1.29 is 8.42 Å². The first kappa shape index (κ1) is 12.6. The summed E-state index contributed by atoms with van der Waals surface area (Å²) in [5, 5.41) is 6.16. The van der Waals surface area contributed by atoms with Gasteiger partial charge in [0.2, 0.25) is 10.0 Å². The molecule has 2 N–H and O–H groups in total. The van der Waals surface area contributed by atoms with Crippen LogP contribution in [-0.2, 0) is 10.0 Å². The summed E-state index contributed by atoms with van der Waals surface area (Å²) < 4.78 is 26.3. The fourth-order valence-electron chi connectivity index (χ4n) is 2.23. The first-order chi connectivity index (χ1) is 8.08. The van der Waals surface area contributed by atoms with Crippen molar-refractivity contribution in [3.8, 4) is 0 Å². The number of H-pyrrole nitrogens is 1. The fourth-order valence-corrected chi connectivity index (χ4v) is 3.25. The summed E-state index contributed by atoms with van der Waals surface area (Å²) >= 11 is 0. The molecule has 0 aromatic carbocycles. The number of aromatic amines is 1. The van der Waals surface area contributed by atoms with Crippen LogP contribution in [0.4, 0.5) is 0 Å².